The molecular formula is C17H17N3. The van der Waals surface area contributed by atoms with Crippen molar-refractivity contribution in [2.45, 2.75) is 13.0 Å². The summed E-state index contributed by atoms with van der Waals surface area (Å²) in [5.74, 6) is 0. The van der Waals surface area contributed by atoms with Gasteiger partial charge in [-0.05, 0) is 22.9 Å². The van der Waals surface area contributed by atoms with Crippen molar-refractivity contribution in [3.05, 3.63) is 72.3 Å². The second-order valence-corrected chi connectivity index (χ2v) is 4.73. The second kappa shape index (κ2) is 5.80. The largest absolute Gasteiger partial charge is 0.306 e. The van der Waals surface area contributed by atoms with Crippen LogP contribution in [0.1, 0.15) is 24.1 Å². The summed E-state index contributed by atoms with van der Waals surface area (Å²) < 4.78 is 0. The van der Waals surface area contributed by atoms with Crippen LogP contribution in [0, 0.1) is 0 Å². The van der Waals surface area contributed by atoms with Crippen molar-refractivity contribution in [2.24, 2.45) is 0 Å². The van der Waals surface area contributed by atoms with E-state index in [1.54, 1.807) is 6.33 Å². The first-order chi connectivity index (χ1) is 9.90. The van der Waals surface area contributed by atoms with Gasteiger partial charge in [0.15, 0.2) is 0 Å². The molecule has 3 heteroatoms. The van der Waals surface area contributed by atoms with Crippen LogP contribution in [-0.4, -0.2) is 16.5 Å². The minimum atomic E-state index is 0.118. The molecule has 20 heavy (non-hydrogen) atoms. The lowest BCUT2D eigenvalue weighted by Crippen LogP contribution is -2.22. The number of hydrogen-bond donors (Lipinski definition) is 1. The maximum Gasteiger partial charge on any atom is 0.115 e. The molecule has 0 spiro atoms. The standard InChI is InChI=1S/C17H17N3/c1-2-20-17(14-10-18-12-19-11-14)16-9-5-7-13-6-3-4-8-15(13)16/h3-12,17,20H,2H2,1H3. The number of nitrogens with zero attached hydrogens (tertiary/aromatic N) is 2. The number of benzene rings is 2. The molecule has 0 aliphatic rings. The third kappa shape index (κ3) is 2.40. The van der Waals surface area contributed by atoms with Gasteiger partial charge in [-0.15, -0.1) is 0 Å². The Hall–Kier alpha value is -2.26. The van der Waals surface area contributed by atoms with Crippen molar-refractivity contribution < 1.29 is 0 Å². The molecule has 1 aromatic heterocycles. The maximum absolute atomic E-state index is 4.14. The first-order valence-electron chi connectivity index (χ1n) is 6.86. The Bertz CT molecular complexity index is 689. The van der Waals surface area contributed by atoms with Crippen LogP contribution in [0.15, 0.2) is 61.2 Å². The summed E-state index contributed by atoms with van der Waals surface area (Å²) in [7, 11) is 0. The van der Waals surface area contributed by atoms with E-state index in [-0.39, 0.29) is 6.04 Å². The van der Waals surface area contributed by atoms with Gasteiger partial charge in [0.2, 0.25) is 0 Å². The molecule has 100 valence electrons. The SMILES string of the molecule is CCNC(c1cncnc1)c1cccc2ccccc12. The van der Waals surface area contributed by atoms with E-state index < -0.39 is 0 Å². The van der Waals surface area contributed by atoms with E-state index in [1.165, 1.54) is 16.3 Å². The van der Waals surface area contributed by atoms with Gasteiger partial charge >= 0.3 is 0 Å². The Labute approximate surface area is 118 Å². The minimum Gasteiger partial charge on any atom is -0.306 e. The molecule has 0 aliphatic heterocycles. The topological polar surface area (TPSA) is 37.8 Å². The molecule has 1 N–H and O–H groups in total. The van der Waals surface area contributed by atoms with Gasteiger partial charge in [-0.2, -0.15) is 0 Å². The predicted molar refractivity (Wildman–Crippen MR) is 81.5 cm³/mol. The van der Waals surface area contributed by atoms with Gasteiger partial charge in [-0.25, -0.2) is 9.97 Å². The molecule has 3 aromatic rings. The lowest BCUT2D eigenvalue weighted by Gasteiger charge is -2.20. The number of nitrogens with one attached hydrogen (secondary N) is 1. The van der Waals surface area contributed by atoms with E-state index in [9.17, 15) is 0 Å². The molecule has 3 nitrogen and oxygen atoms in total. The molecule has 0 amide bonds. The van der Waals surface area contributed by atoms with Gasteiger partial charge in [0.1, 0.15) is 6.33 Å². The lowest BCUT2D eigenvalue weighted by molar-refractivity contribution is 0.629. The fourth-order valence-corrected chi connectivity index (χ4v) is 2.57. The normalized spacial score (nSPS) is 12.4. The highest BCUT2D eigenvalue weighted by Crippen LogP contribution is 2.28. The molecule has 3 rings (SSSR count). The first kappa shape index (κ1) is 12.8. The van der Waals surface area contributed by atoms with Crippen molar-refractivity contribution in [3.63, 3.8) is 0 Å². The highest BCUT2D eigenvalue weighted by atomic mass is 14.9. The van der Waals surface area contributed by atoms with Gasteiger partial charge < -0.3 is 5.32 Å². The molecule has 0 saturated carbocycles. The van der Waals surface area contributed by atoms with Crippen LogP contribution in [0.5, 0.6) is 0 Å². The van der Waals surface area contributed by atoms with Gasteiger partial charge in [0.25, 0.3) is 0 Å². The Kier molecular flexibility index (Phi) is 3.70. The second-order valence-electron chi connectivity index (χ2n) is 4.73. The van der Waals surface area contributed by atoms with Gasteiger partial charge in [-0.1, -0.05) is 49.4 Å². The van der Waals surface area contributed by atoms with E-state index in [0.29, 0.717) is 0 Å². The van der Waals surface area contributed by atoms with E-state index in [2.05, 4.69) is 64.7 Å². The molecule has 1 atom stereocenters. The average molecular weight is 263 g/mol. The van der Waals surface area contributed by atoms with Crippen molar-refractivity contribution in [1.82, 2.24) is 15.3 Å². The van der Waals surface area contributed by atoms with Crippen LogP contribution < -0.4 is 5.32 Å². The monoisotopic (exact) mass is 263 g/mol. The van der Waals surface area contributed by atoms with Crippen LogP contribution in [0.2, 0.25) is 0 Å². The fourth-order valence-electron chi connectivity index (χ4n) is 2.57. The quantitative estimate of drug-likeness (QED) is 0.784. The molecule has 0 aliphatic carbocycles. The number of hydrogen-bond acceptors (Lipinski definition) is 3. The van der Waals surface area contributed by atoms with Crippen molar-refractivity contribution in [1.29, 1.82) is 0 Å². The van der Waals surface area contributed by atoms with E-state index in [0.717, 1.165) is 12.1 Å². The van der Waals surface area contributed by atoms with E-state index in [1.807, 2.05) is 12.4 Å². The summed E-state index contributed by atoms with van der Waals surface area (Å²) in [6.45, 7) is 3.00. The molecule has 2 aromatic carbocycles. The molecule has 1 heterocycles. The first-order valence-corrected chi connectivity index (χ1v) is 6.86. The third-order valence-electron chi connectivity index (χ3n) is 3.46. The Morgan fingerprint density at radius 3 is 2.55 bits per heavy atom. The predicted octanol–water partition coefficient (Wildman–Crippen LogP) is 3.33. The van der Waals surface area contributed by atoms with Crippen LogP contribution in [0.25, 0.3) is 10.8 Å². The minimum absolute atomic E-state index is 0.118. The summed E-state index contributed by atoms with van der Waals surface area (Å²) in [5, 5.41) is 6.05. The molecule has 0 saturated heterocycles. The van der Waals surface area contributed by atoms with Crippen molar-refractivity contribution in [3.8, 4) is 0 Å². The Balaban J connectivity index is 2.15. The third-order valence-corrected chi connectivity index (χ3v) is 3.46. The van der Waals surface area contributed by atoms with Crippen molar-refractivity contribution in [2.75, 3.05) is 6.54 Å². The summed E-state index contributed by atoms with van der Waals surface area (Å²) in [4.78, 5) is 8.28. The highest BCUT2D eigenvalue weighted by Gasteiger charge is 2.15. The fraction of sp³-hybridized carbons (Fsp3) is 0.176. The molecule has 0 fully saturated rings. The Morgan fingerprint density at radius 2 is 1.75 bits per heavy atom. The number of aromatic nitrogens is 2. The van der Waals surface area contributed by atoms with Crippen LogP contribution in [0.3, 0.4) is 0 Å². The zero-order valence-electron chi connectivity index (χ0n) is 11.5. The van der Waals surface area contributed by atoms with Gasteiger partial charge in [-0.3, -0.25) is 0 Å². The molecule has 0 radical (unpaired) electrons. The molecular weight excluding hydrogens is 246 g/mol. The summed E-state index contributed by atoms with van der Waals surface area (Å²) >= 11 is 0. The highest BCUT2D eigenvalue weighted by molar-refractivity contribution is 5.86. The van der Waals surface area contributed by atoms with Gasteiger partial charge in [0.05, 0.1) is 6.04 Å². The van der Waals surface area contributed by atoms with E-state index >= 15 is 0 Å². The Morgan fingerprint density at radius 1 is 1.00 bits per heavy atom. The molecule has 1 unspecified atom stereocenters. The van der Waals surface area contributed by atoms with Crippen LogP contribution in [0.4, 0.5) is 0 Å². The lowest BCUT2D eigenvalue weighted by atomic mass is 9.95. The number of rotatable bonds is 4. The number of fused-ring (bicyclic) bond motifs is 1. The summed E-state index contributed by atoms with van der Waals surface area (Å²) in [6, 6.07) is 15.0. The average Bonchev–Trinajstić information content (AvgIpc) is 2.53. The smallest absolute Gasteiger partial charge is 0.115 e. The zero-order chi connectivity index (χ0) is 13.8. The molecule has 0 bridgehead atoms. The van der Waals surface area contributed by atoms with Crippen molar-refractivity contribution >= 4 is 10.8 Å². The zero-order valence-corrected chi connectivity index (χ0v) is 11.5. The summed E-state index contributed by atoms with van der Waals surface area (Å²) in [5.41, 5.74) is 2.35. The maximum atomic E-state index is 4.14. The van der Waals surface area contributed by atoms with Crippen LogP contribution >= 0.6 is 0 Å². The summed E-state index contributed by atoms with van der Waals surface area (Å²) in [6.07, 6.45) is 5.32. The van der Waals surface area contributed by atoms with Crippen LogP contribution in [-0.2, 0) is 0 Å². The van der Waals surface area contributed by atoms with E-state index in [4.69, 9.17) is 0 Å². The van der Waals surface area contributed by atoms with Gasteiger partial charge in [0, 0.05) is 18.0 Å².